The molecule has 2 aromatic rings. The first-order valence-corrected chi connectivity index (χ1v) is 9.03. The zero-order valence-corrected chi connectivity index (χ0v) is 15.5. The van der Waals surface area contributed by atoms with Gasteiger partial charge < -0.3 is 15.4 Å². The van der Waals surface area contributed by atoms with Gasteiger partial charge in [-0.2, -0.15) is 0 Å². The maximum Gasteiger partial charge on any atom is 0.257 e. The van der Waals surface area contributed by atoms with Crippen molar-refractivity contribution in [2.24, 2.45) is 0 Å². The number of nitrogens with one attached hydrogen (secondary N) is 2. The predicted octanol–water partition coefficient (Wildman–Crippen LogP) is 3.83. The van der Waals surface area contributed by atoms with E-state index in [0.717, 1.165) is 43.8 Å². The number of carbonyl (C=O) groups excluding carboxylic acids is 1. The van der Waals surface area contributed by atoms with Crippen LogP contribution in [-0.2, 0) is 0 Å². The number of pyridine rings is 1. The SMILES string of the molecule is CC.Cc1cccc(Oc2ncc(F)cc2C(=O)NC2CCNCC2)c1. The van der Waals surface area contributed by atoms with Crippen LogP contribution in [0.2, 0.25) is 0 Å². The molecular formula is C20H26FN3O2. The van der Waals surface area contributed by atoms with Gasteiger partial charge in [-0.1, -0.05) is 26.0 Å². The number of benzene rings is 1. The van der Waals surface area contributed by atoms with Crippen LogP contribution in [0.3, 0.4) is 0 Å². The molecule has 1 aromatic heterocycles. The maximum atomic E-state index is 13.6. The Balaban J connectivity index is 0.00000117. The van der Waals surface area contributed by atoms with Crippen LogP contribution >= 0.6 is 0 Å². The largest absolute Gasteiger partial charge is 0.438 e. The number of rotatable bonds is 4. The number of hydrogen-bond acceptors (Lipinski definition) is 4. The van der Waals surface area contributed by atoms with Crippen LogP contribution in [0.1, 0.15) is 42.6 Å². The van der Waals surface area contributed by atoms with Gasteiger partial charge in [-0.15, -0.1) is 0 Å². The Bertz CT molecular complexity index is 731. The average Bonchev–Trinajstić information content (AvgIpc) is 2.66. The van der Waals surface area contributed by atoms with Crippen LogP contribution in [0, 0.1) is 12.7 Å². The Morgan fingerprint density at radius 2 is 2.00 bits per heavy atom. The normalized spacial score (nSPS) is 14.2. The molecule has 140 valence electrons. The van der Waals surface area contributed by atoms with E-state index in [-0.39, 0.29) is 23.4 Å². The van der Waals surface area contributed by atoms with E-state index >= 15 is 0 Å². The highest BCUT2D eigenvalue weighted by molar-refractivity contribution is 5.96. The molecule has 1 fully saturated rings. The average molecular weight is 359 g/mol. The number of carbonyl (C=O) groups is 1. The van der Waals surface area contributed by atoms with Crippen LogP contribution in [-0.4, -0.2) is 30.0 Å². The minimum absolute atomic E-state index is 0.0776. The molecule has 3 rings (SSSR count). The number of ether oxygens (including phenoxy) is 1. The van der Waals surface area contributed by atoms with Gasteiger partial charge in [-0.05, 0) is 56.6 Å². The molecule has 0 spiro atoms. The van der Waals surface area contributed by atoms with E-state index in [2.05, 4.69) is 15.6 Å². The van der Waals surface area contributed by atoms with Crippen LogP contribution in [0.5, 0.6) is 11.6 Å². The smallest absolute Gasteiger partial charge is 0.257 e. The maximum absolute atomic E-state index is 13.6. The second kappa shape index (κ2) is 9.87. The Labute approximate surface area is 154 Å². The molecule has 0 aliphatic carbocycles. The summed E-state index contributed by atoms with van der Waals surface area (Å²) >= 11 is 0. The van der Waals surface area contributed by atoms with E-state index in [1.54, 1.807) is 6.07 Å². The summed E-state index contributed by atoms with van der Waals surface area (Å²) in [5.74, 6) is -0.267. The van der Waals surface area contributed by atoms with Gasteiger partial charge in [0.15, 0.2) is 0 Å². The van der Waals surface area contributed by atoms with Crippen molar-refractivity contribution in [3.8, 4) is 11.6 Å². The number of hydrogen-bond donors (Lipinski definition) is 2. The van der Waals surface area contributed by atoms with E-state index < -0.39 is 5.82 Å². The first kappa shape index (κ1) is 19.8. The summed E-state index contributed by atoms with van der Waals surface area (Å²) in [6, 6.07) is 8.63. The Morgan fingerprint density at radius 3 is 2.69 bits per heavy atom. The number of nitrogens with zero attached hydrogens (tertiary/aromatic N) is 1. The van der Waals surface area contributed by atoms with Gasteiger partial charge in [-0.3, -0.25) is 4.79 Å². The zero-order valence-electron chi connectivity index (χ0n) is 15.5. The van der Waals surface area contributed by atoms with Crippen molar-refractivity contribution in [3.63, 3.8) is 0 Å². The number of aryl methyl sites for hydroxylation is 1. The number of amides is 1. The first-order chi connectivity index (χ1) is 12.6. The molecule has 0 atom stereocenters. The monoisotopic (exact) mass is 359 g/mol. The fourth-order valence-corrected chi connectivity index (χ4v) is 2.69. The lowest BCUT2D eigenvalue weighted by atomic mass is 10.1. The number of piperidine rings is 1. The van der Waals surface area contributed by atoms with Gasteiger partial charge in [-0.25, -0.2) is 9.37 Å². The fraction of sp³-hybridized carbons (Fsp3) is 0.400. The van der Waals surface area contributed by atoms with E-state index in [0.29, 0.717) is 5.75 Å². The minimum Gasteiger partial charge on any atom is -0.438 e. The number of aromatic nitrogens is 1. The van der Waals surface area contributed by atoms with Crippen molar-refractivity contribution >= 4 is 5.91 Å². The second-order valence-electron chi connectivity index (χ2n) is 5.92. The standard InChI is InChI=1S/C18H20FN3O2.C2H6/c1-12-3-2-4-15(9-12)24-18-16(10-13(19)11-21-18)17(23)22-14-5-7-20-8-6-14;1-2/h2-4,9-11,14,20H,5-8H2,1H3,(H,22,23);1-2H3. The molecule has 0 radical (unpaired) electrons. The molecule has 0 unspecified atom stereocenters. The lowest BCUT2D eigenvalue weighted by Crippen LogP contribution is -2.42. The van der Waals surface area contributed by atoms with Gasteiger partial charge in [0.25, 0.3) is 5.91 Å². The molecule has 1 aromatic carbocycles. The van der Waals surface area contributed by atoms with E-state index in [1.807, 2.05) is 39.0 Å². The van der Waals surface area contributed by atoms with E-state index in [4.69, 9.17) is 4.74 Å². The highest BCUT2D eigenvalue weighted by Gasteiger charge is 2.21. The molecule has 1 amide bonds. The van der Waals surface area contributed by atoms with Crippen molar-refractivity contribution in [2.75, 3.05) is 13.1 Å². The van der Waals surface area contributed by atoms with Gasteiger partial charge >= 0.3 is 0 Å². The van der Waals surface area contributed by atoms with Crippen LogP contribution in [0.4, 0.5) is 4.39 Å². The van der Waals surface area contributed by atoms with Crippen molar-refractivity contribution < 1.29 is 13.9 Å². The Hall–Kier alpha value is -2.47. The lowest BCUT2D eigenvalue weighted by Gasteiger charge is -2.24. The van der Waals surface area contributed by atoms with Gasteiger partial charge in [0.1, 0.15) is 17.1 Å². The molecular weight excluding hydrogens is 333 g/mol. The van der Waals surface area contributed by atoms with E-state index in [1.165, 1.54) is 0 Å². The summed E-state index contributed by atoms with van der Waals surface area (Å²) in [4.78, 5) is 16.5. The third kappa shape index (κ3) is 5.52. The van der Waals surface area contributed by atoms with Gasteiger partial charge in [0.2, 0.25) is 5.88 Å². The fourth-order valence-electron chi connectivity index (χ4n) is 2.69. The summed E-state index contributed by atoms with van der Waals surface area (Å²) in [7, 11) is 0. The zero-order chi connectivity index (χ0) is 18.9. The summed E-state index contributed by atoms with van der Waals surface area (Å²) in [5.41, 5.74) is 1.13. The van der Waals surface area contributed by atoms with Crippen molar-refractivity contribution in [1.82, 2.24) is 15.6 Å². The molecule has 0 saturated carbocycles. The third-order valence-electron chi connectivity index (χ3n) is 3.94. The molecule has 1 aliphatic heterocycles. The topological polar surface area (TPSA) is 63.2 Å². The lowest BCUT2D eigenvalue weighted by molar-refractivity contribution is 0.0926. The second-order valence-corrected chi connectivity index (χ2v) is 5.92. The Kier molecular flexibility index (Phi) is 7.53. The van der Waals surface area contributed by atoms with Gasteiger partial charge in [0.05, 0.1) is 6.20 Å². The van der Waals surface area contributed by atoms with Crippen LogP contribution in [0.25, 0.3) is 0 Å². The van der Waals surface area contributed by atoms with Crippen molar-refractivity contribution in [2.45, 2.75) is 39.7 Å². The quantitative estimate of drug-likeness (QED) is 0.871. The van der Waals surface area contributed by atoms with Crippen molar-refractivity contribution in [3.05, 3.63) is 53.5 Å². The third-order valence-corrected chi connectivity index (χ3v) is 3.94. The molecule has 6 heteroatoms. The summed E-state index contributed by atoms with van der Waals surface area (Å²) < 4.78 is 19.3. The molecule has 0 bridgehead atoms. The molecule has 1 saturated heterocycles. The molecule has 2 heterocycles. The predicted molar refractivity (Wildman–Crippen MR) is 100 cm³/mol. The highest BCUT2D eigenvalue weighted by atomic mass is 19.1. The summed E-state index contributed by atoms with van der Waals surface area (Å²) in [6.07, 6.45) is 2.75. The first-order valence-electron chi connectivity index (χ1n) is 9.03. The van der Waals surface area contributed by atoms with Crippen LogP contribution in [0.15, 0.2) is 36.5 Å². The minimum atomic E-state index is -0.568. The van der Waals surface area contributed by atoms with Crippen LogP contribution < -0.4 is 15.4 Å². The molecule has 26 heavy (non-hydrogen) atoms. The summed E-state index contributed by atoms with van der Waals surface area (Å²) in [6.45, 7) is 7.66. The van der Waals surface area contributed by atoms with E-state index in [9.17, 15) is 9.18 Å². The highest BCUT2D eigenvalue weighted by Crippen LogP contribution is 2.24. The summed E-state index contributed by atoms with van der Waals surface area (Å²) in [5, 5.41) is 6.17. The molecule has 1 aliphatic rings. The van der Waals surface area contributed by atoms with Gasteiger partial charge in [0, 0.05) is 6.04 Å². The molecule has 5 nitrogen and oxygen atoms in total. The number of halogens is 1. The van der Waals surface area contributed by atoms with Crippen molar-refractivity contribution in [1.29, 1.82) is 0 Å². The Morgan fingerprint density at radius 1 is 1.27 bits per heavy atom. The molecule has 2 N–H and O–H groups in total.